The van der Waals surface area contributed by atoms with Gasteiger partial charge in [-0.2, -0.15) is 13.2 Å². The number of hydrogen-bond acceptors (Lipinski definition) is 2. The van der Waals surface area contributed by atoms with Crippen LogP contribution in [0.25, 0.3) is 0 Å². The minimum absolute atomic E-state index is 0.0237. The standard InChI is InChI=1S/C14H18F4N2O/c1-13(2,12(21)20(3)4)19-8-9-5-6-11(15)10(7-9)14(16,17)18/h5-7,19H,8H2,1-4H3. The molecule has 0 atom stereocenters. The number of nitrogens with zero attached hydrogens (tertiary/aromatic N) is 1. The van der Waals surface area contributed by atoms with Crippen LogP contribution in [0.15, 0.2) is 18.2 Å². The lowest BCUT2D eigenvalue weighted by atomic mass is 10.0. The van der Waals surface area contributed by atoms with E-state index in [-0.39, 0.29) is 18.0 Å². The molecule has 1 aromatic rings. The highest BCUT2D eigenvalue weighted by molar-refractivity contribution is 5.85. The quantitative estimate of drug-likeness (QED) is 0.868. The van der Waals surface area contributed by atoms with Crippen molar-refractivity contribution in [1.82, 2.24) is 10.2 Å². The average Bonchev–Trinajstić information content (AvgIpc) is 2.35. The second-order valence-corrected chi connectivity index (χ2v) is 5.49. The molecule has 118 valence electrons. The van der Waals surface area contributed by atoms with Gasteiger partial charge in [0.05, 0.1) is 11.1 Å². The molecule has 0 saturated carbocycles. The number of amides is 1. The van der Waals surface area contributed by atoms with E-state index in [0.29, 0.717) is 0 Å². The number of alkyl halides is 3. The van der Waals surface area contributed by atoms with Crippen molar-refractivity contribution in [1.29, 1.82) is 0 Å². The van der Waals surface area contributed by atoms with E-state index in [1.54, 1.807) is 27.9 Å². The fourth-order valence-corrected chi connectivity index (χ4v) is 1.86. The molecular formula is C14H18F4N2O. The third kappa shape index (κ3) is 4.42. The van der Waals surface area contributed by atoms with Crippen LogP contribution in [0, 0.1) is 5.82 Å². The first-order valence-corrected chi connectivity index (χ1v) is 6.27. The molecule has 0 fully saturated rings. The maximum atomic E-state index is 13.2. The number of benzene rings is 1. The van der Waals surface area contributed by atoms with Crippen LogP contribution in [0.4, 0.5) is 17.6 Å². The van der Waals surface area contributed by atoms with Crippen LogP contribution in [0.2, 0.25) is 0 Å². The molecule has 0 aliphatic rings. The second-order valence-electron chi connectivity index (χ2n) is 5.49. The Hall–Kier alpha value is -1.63. The normalized spacial score (nSPS) is 12.4. The van der Waals surface area contributed by atoms with Crippen molar-refractivity contribution in [3.05, 3.63) is 35.1 Å². The molecule has 1 rings (SSSR count). The molecule has 3 nitrogen and oxygen atoms in total. The van der Waals surface area contributed by atoms with Crippen molar-refractivity contribution < 1.29 is 22.4 Å². The van der Waals surface area contributed by atoms with Crippen LogP contribution in [0.3, 0.4) is 0 Å². The Morgan fingerprint density at radius 2 is 1.81 bits per heavy atom. The Labute approximate surface area is 120 Å². The van der Waals surface area contributed by atoms with Gasteiger partial charge in [-0.05, 0) is 31.5 Å². The van der Waals surface area contributed by atoms with Gasteiger partial charge in [-0.3, -0.25) is 10.1 Å². The van der Waals surface area contributed by atoms with E-state index in [2.05, 4.69) is 5.32 Å². The molecule has 7 heteroatoms. The first-order chi connectivity index (χ1) is 9.45. The summed E-state index contributed by atoms with van der Waals surface area (Å²) in [5.74, 6) is -1.52. The molecule has 1 N–H and O–H groups in total. The van der Waals surface area contributed by atoms with Gasteiger partial charge in [0.1, 0.15) is 5.82 Å². The molecule has 0 aliphatic heterocycles. The molecule has 0 radical (unpaired) electrons. The largest absolute Gasteiger partial charge is 0.419 e. The zero-order chi connectivity index (χ0) is 16.4. The third-order valence-corrected chi connectivity index (χ3v) is 3.01. The molecule has 0 spiro atoms. The number of halogens is 4. The van der Waals surface area contributed by atoms with Crippen molar-refractivity contribution in [2.24, 2.45) is 0 Å². The maximum absolute atomic E-state index is 13.2. The van der Waals surface area contributed by atoms with E-state index in [1.165, 1.54) is 11.0 Å². The monoisotopic (exact) mass is 306 g/mol. The molecular weight excluding hydrogens is 288 g/mol. The van der Waals surface area contributed by atoms with Gasteiger partial charge in [0.2, 0.25) is 5.91 Å². The Morgan fingerprint density at radius 1 is 1.24 bits per heavy atom. The van der Waals surface area contributed by atoms with Crippen LogP contribution >= 0.6 is 0 Å². The maximum Gasteiger partial charge on any atom is 0.419 e. The van der Waals surface area contributed by atoms with E-state index in [1.807, 2.05) is 0 Å². The van der Waals surface area contributed by atoms with Crippen molar-refractivity contribution in [3.8, 4) is 0 Å². The summed E-state index contributed by atoms with van der Waals surface area (Å²) in [7, 11) is 3.18. The van der Waals surface area contributed by atoms with E-state index < -0.39 is 23.1 Å². The van der Waals surface area contributed by atoms with E-state index in [9.17, 15) is 22.4 Å². The summed E-state index contributed by atoms with van der Waals surface area (Å²) in [6.45, 7) is 3.28. The summed E-state index contributed by atoms with van der Waals surface area (Å²) in [6.07, 6.45) is -4.74. The molecule has 0 aromatic heterocycles. The molecule has 0 heterocycles. The minimum Gasteiger partial charge on any atom is -0.347 e. The molecule has 0 bridgehead atoms. The number of hydrogen-bond donors (Lipinski definition) is 1. The van der Waals surface area contributed by atoms with Crippen molar-refractivity contribution in [2.45, 2.75) is 32.1 Å². The van der Waals surface area contributed by atoms with Crippen molar-refractivity contribution in [3.63, 3.8) is 0 Å². The summed E-state index contributed by atoms with van der Waals surface area (Å²) in [6, 6.07) is 2.78. The lowest BCUT2D eigenvalue weighted by Crippen LogP contribution is -2.51. The van der Waals surface area contributed by atoms with Gasteiger partial charge in [-0.1, -0.05) is 6.07 Å². The van der Waals surface area contributed by atoms with Gasteiger partial charge in [0.15, 0.2) is 0 Å². The fourth-order valence-electron chi connectivity index (χ4n) is 1.86. The summed E-state index contributed by atoms with van der Waals surface area (Å²) < 4.78 is 51.0. The highest BCUT2D eigenvalue weighted by Crippen LogP contribution is 2.31. The predicted molar refractivity (Wildman–Crippen MR) is 71.0 cm³/mol. The number of rotatable bonds is 4. The van der Waals surface area contributed by atoms with E-state index in [4.69, 9.17) is 0 Å². The highest BCUT2D eigenvalue weighted by atomic mass is 19.4. The van der Waals surface area contributed by atoms with Crippen LogP contribution in [0.5, 0.6) is 0 Å². The number of carbonyl (C=O) groups excluding carboxylic acids is 1. The number of carbonyl (C=O) groups is 1. The summed E-state index contributed by atoms with van der Waals surface area (Å²) >= 11 is 0. The SMILES string of the molecule is CN(C)C(=O)C(C)(C)NCc1ccc(F)c(C(F)(F)F)c1. The Bertz CT molecular complexity index is 524. The zero-order valence-electron chi connectivity index (χ0n) is 12.3. The van der Waals surface area contributed by atoms with Crippen molar-refractivity contribution in [2.75, 3.05) is 14.1 Å². The van der Waals surface area contributed by atoms with E-state index >= 15 is 0 Å². The summed E-state index contributed by atoms with van der Waals surface area (Å²) in [5.41, 5.74) is -1.99. The predicted octanol–water partition coefficient (Wildman–Crippen LogP) is 2.80. The Morgan fingerprint density at radius 3 is 2.29 bits per heavy atom. The number of nitrogens with one attached hydrogen (secondary N) is 1. The molecule has 0 unspecified atom stereocenters. The van der Waals surface area contributed by atoms with Crippen LogP contribution in [0.1, 0.15) is 25.0 Å². The fraction of sp³-hybridized carbons (Fsp3) is 0.500. The summed E-state index contributed by atoms with van der Waals surface area (Å²) in [5, 5.41) is 2.87. The van der Waals surface area contributed by atoms with Crippen LogP contribution < -0.4 is 5.32 Å². The van der Waals surface area contributed by atoms with Gasteiger partial charge in [-0.25, -0.2) is 4.39 Å². The Kier molecular flexibility index (Phi) is 4.99. The highest BCUT2D eigenvalue weighted by Gasteiger charge is 2.34. The Balaban J connectivity index is 2.88. The molecule has 21 heavy (non-hydrogen) atoms. The topological polar surface area (TPSA) is 32.3 Å². The van der Waals surface area contributed by atoms with E-state index in [0.717, 1.165) is 12.1 Å². The molecule has 1 aromatic carbocycles. The lowest BCUT2D eigenvalue weighted by molar-refractivity contribution is -0.140. The lowest BCUT2D eigenvalue weighted by Gasteiger charge is -2.28. The zero-order valence-corrected chi connectivity index (χ0v) is 12.3. The third-order valence-electron chi connectivity index (χ3n) is 3.01. The van der Waals surface area contributed by atoms with Gasteiger partial charge < -0.3 is 4.90 Å². The first-order valence-electron chi connectivity index (χ1n) is 6.27. The molecule has 0 saturated heterocycles. The average molecular weight is 306 g/mol. The molecule has 0 aliphatic carbocycles. The van der Waals surface area contributed by atoms with Gasteiger partial charge >= 0.3 is 6.18 Å². The second kappa shape index (κ2) is 6.01. The minimum atomic E-state index is -4.74. The van der Waals surface area contributed by atoms with Gasteiger partial charge in [0, 0.05) is 20.6 Å². The first kappa shape index (κ1) is 17.4. The molecule has 1 amide bonds. The van der Waals surface area contributed by atoms with Gasteiger partial charge in [-0.15, -0.1) is 0 Å². The van der Waals surface area contributed by atoms with Crippen molar-refractivity contribution >= 4 is 5.91 Å². The van der Waals surface area contributed by atoms with Crippen LogP contribution in [-0.4, -0.2) is 30.4 Å². The number of likely N-dealkylation sites (N-methyl/N-ethyl adjacent to an activating group) is 1. The smallest absolute Gasteiger partial charge is 0.347 e. The summed E-state index contributed by atoms with van der Waals surface area (Å²) in [4.78, 5) is 13.3. The van der Waals surface area contributed by atoms with Gasteiger partial charge in [0.25, 0.3) is 0 Å². The van der Waals surface area contributed by atoms with Crippen LogP contribution in [-0.2, 0) is 17.5 Å².